The molecule has 164 valence electrons. The summed E-state index contributed by atoms with van der Waals surface area (Å²) in [6.07, 6.45) is 0. The Morgan fingerprint density at radius 3 is 2.52 bits per heavy atom. The summed E-state index contributed by atoms with van der Waals surface area (Å²) in [5, 5.41) is 6.49. The molecule has 2 aromatic carbocycles. The summed E-state index contributed by atoms with van der Waals surface area (Å²) in [5.41, 5.74) is 3.03. The number of oxazole rings is 1. The normalized spacial score (nSPS) is 11.3. The fraction of sp³-hybridized carbons (Fsp3) is 0.333. The molecule has 0 radical (unpaired) electrons. The SMILES string of the molecule is CCNC(=NCc1ccc(OCc2ccccc2)c(OC)c1)NCc1nc(C)c(C)o1. The van der Waals surface area contributed by atoms with E-state index in [-0.39, 0.29) is 0 Å². The van der Waals surface area contributed by atoms with Gasteiger partial charge in [-0.25, -0.2) is 9.98 Å². The van der Waals surface area contributed by atoms with Crippen molar-refractivity contribution in [3.63, 3.8) is 0 Å². The summed E-state index contributed by atoms with van der Waals surface area (Å²) in [7, 11) is 1.64. The smallest absolute Gasteiger partial charge is 0.214 e. The van der Waals surface area contributed by atoms with E-state index in [9.17, 15) is 0 Å². The summed E-state index contributed by atoms with van der Waals surface area (Å²) < 4.78 is 17.1. The second-order valence-corrected chi connectivity index (χ2v) is 7.06. The molecule has 1 aromatic heterocycles. The van der Waals surface area contributed by atoms with Gasteiger partial charge < -0.3 is 24.5 Å². The van der Waals surface area contributed by atoms with E-state index in [1.54, 1.807) is 7.11 Å². The maximum Gasteiger partial charge on any atom is 0.214 e. The van der Waals surface area contributed by atoms with Gasteiger partial charge >= 0.3 is 0 Å². The minimum Gasteiger partial charge on any atom is -0.493 e. The zero-order valence-electron chi connectivity index (χ0n) is 18.6. The van der Waals surface area contributed by atoms with Crippen LogP contribution in [0.5, 0.6) is 11.5 Å². The minimum atomic E-state index is 0.468. The van der Waals surface area contributed by atoms with E-state index >= 15 is 0 Å². The third kappa shape index (κ3) is 6.50. The highest BCUT2D eigenvalue weighted by Crippen LogP contribution is 2.29. The van der Waals surface area contributed by atoms with Gasteiger partial charge in [-0.15, -0.1) is 0 Å². The molecular formula is C24H30N4O3. The molecule has 2 N–H and O–H groups in total. The fourth-order valence-corrected chi connectivity index (χ4v) is 2.95. The molecule has 0 unspecified atom stereocenters. The van der Waals surface area contributed by atoms with Gasteiger partial charge in [0, 0.05) is 6.54 Å². The number of aromatic nitrogens is 1. The van der Waals surface area contributed by atoms with Crippen LogP contribution >= 0.6 is 0 Å². The molecule has 0 aliphatic rings. The number of guanidine groups is 1. The third-order valence-electron chi connectivity index (χ3n) is 4.71. The number of benzene rings is 2. The summed E-state index contributed by atoms with van der Waals surface area (Å²) in [6.45, 7) is 8.07. The summed E-state index contributed by atoms with van der Waals surface area (Å²) in [6, 6.07) is 15.9. The van der Waals surface area contributed by atoms with E-state index in [1.165, 1.54) is 0 Å². The highest BCUT2D eigenvalue weighted by Gasteiger charge is 2.08. The van der Waals surface area contributed by atoms with Crippen LogP contribution in [0.3, 0.4) is 0 Å². The molecule has 0 aliphatic carbocycles. The van der Waals surface area contributed by atoms with E-state index in [0.717, 1.165) is 29.1 Å². The second-order valence-electron chi connectivity index (χ2n) is 7.06. The molecule has 0 fully saturated rings. The molecule has 0 bridgehead atoms. The molecule has 0 saturated heterocycles. The fourth-order valence-electron chi connectivity index (χ4n) is 2.95. The first-order chi connectivity index (χ1) is 15.1. The van der Waals surface area contributed by atoms with Gasteiger partial charge in [0.2, 0.25) is 5.89 Å². The van der Waals surface area contributed by atoms with Gasteiger partial charge in [-0.1, -0.05) is 36.4 Å². The molecule has 3 aromatic rings. The van der Waals surface area contributed by atoms with Crippen molar-refractivity contribution in [1.29, 1.82) is 0 Å². The number of nitrogens with zero attached hydrogens (tertiary/aromatic N) is 2. The minimum absolute atomic E-state index is 0.468. The van der Waals surface area contributed by atoms with E-state index in [0.29, 0.717) is 43.0 Å². The van der Waals surface area contributed by atoms with Crippen molar-refractivity contribution in [1.82, 2.24) is 15.6 Å². The Hall–Kier alpha value is -3.48. The quantitative estimate of drug-likeness (QED) is 0.399. The van der Waals surface area contributed by atoms with Crippen LogP contribution in [0.15, 0.2) is 57.9 Å². The van der Waals surface area contributed by atoms with Gasteiger partial charge in [0.1, 0.15) is 12.4 Å². The van der Waals surface area contributed by atoms with E-state index in [1.807, 2.05) is 69.3 Å². The van der Waals surface area contributed by atoms with Crippen molar-refractivity contribution in [3.05, 3.63) is 77.0 Å². The number of rotatable bonds is 9. The number of nitrogens with one attached hydrogen (secondary N) is 2. The van der Waals surface area contributed by atoms with Crippen molar-refractivity contribution in [3.8, 4) is 11.5 Å². The Morgan fingerprint density at radius 1 is 1.03 bits per heavy atom. The average molecular weight is 423 g/mol. The van der Waals surface area contributed by atoms with Crippen molar-refractivity contribution >= 4 is 5.96 Å². The number of hydrogen-bond acceptors (Lipinski definition) is 5. The lowest BCUT2D eigenvalue weighted by atomic mass is 10.2. The maximum atomic E-state index is 5.93. The number of ether oxygens (including phenoxy) is 2. The molecule has 0 spiro atoms. The summed E-state index contributed by atoms with van der Waals surface area (Å²) in [5.74, 6) is 3.56. The number of hydrogen-bond donors (Lipinski definition) is 2. The zero-order valence-corrected chi connectivity index (χ0v) is 18.6. The Bertz CT molecular complexity index is 980. The number of aryl methyl sites for hydroxylation is 2. The highest BCUT2D eigenvalue weighted by molar-refractivity contribution is 5.79. The van der Waals surface area contributed by atoms with Gasteiger partial charge in [-0.3, -0.25) is 0 Å². The molecule has 31 heavy (non-hydrogen) atoms. The van der Waals surface area contributed by atoms with Crippen LogP contribution in [-0.4, -0.2) is 24.6 Å². The Kier molecular flexibility index (Phi) is 7.92. The second kappa shape index (κ2) is 11.1. The lowest BCUT2D eigenvalue weighted by Crippen LogP contribution is -2.36. The van der Waals surface area contributed by atoms with E-state index in [2.05, 4.69) is 20.6 Å². The lowest BCUT2D eigenvalue weighted by molar-refractivity contribution is 0.284. The number of aliphatic imine (C=N–C) groups is 1. The van der Waals surface area contributed by atoms with Crippen LogP contribution in [0.25, 0.3) is 0 Å². The van der Waals surface area contributed by atoms with Crippen molar-refractivity contribution in [2.24, 2.45) is 4.99 Å². The Morgan fingerprint density at radius 2 is 1.84 bits per heavy atom. The monoisotopic (exact) mass is 422 g/mol. The first kappa shape index (κ1) is 22.2. The molecule has 1 heterocycles. The zero-order chi connectivity index (χ0) is 22.1. The van der Waals surface area contributed by atoms with Crippen LogP contribution in [0, 0.1) is 13.8 Å². The Balaban J connectivity index is 1.62. The van der Waals surface area contributed by atoms with Crippen molar-refractivity contribution in [2.75, 3.05) is 13.7 Å². The van der Waals surface area contributed by atoms with Crippen LogP contribution in [0.1, 0.15) is 35.4 Å². The van der Waals surface area contributed by atoms with Gasteiger partial charge in [0.15, 0.2) is 17.5 Å². The first-order valence-electron chi connectivity index (χ1n) is 10.4. The standard InChI is InChI=1S/C24H30N4O3/c1-5-25-24(27-15-23-28-17(2)18(3)31-23)26-14-20-11-12-21(22(13-20)29-4)30-16-19-9-7-6-8-10-19/h6-13H,5,14-16H2,1-4H3,(H2,25,26,27). The first-order valence-corrected chi connectivity index (χ1v) is 10.4. The maximum absolute atomic E-state index is 5.93. The van der Waals surface area contributed by atoms with Gasteiger partial charge in [0.05, 0.1) is 25.9 Å². The molecule has 0 aliphatic heterocycles. The largest absolute Gasteiger partial charge is 0.493 e. The summed E-state index contributed by atoms with van der Waals surface area (Å²) >= 11 is 0. The average Bonchev–Trinajstić information content (AvgIpc) is 3.12. The van der Waals surface area contributed by atoms with Gasteiger partial charge in [-0.05, 0) is 44.0 Å². The third-order valence-corrected chi connectivity index (χ3v) is 4.71. The predicted molar refractivity (Wildman–Crippen MR) is 121 cm³/mol. The molecule has 7 nitrogen and oxygen atoms in total. The van der Waals surface area contributed by atoms with Crippen LogP contribution in [0.4, 0.5) is 0 Å². The topological polar surface area (TPSA) is 80.9 Å². The van der Waals surface area contributed by atoms with Crippen molar-refractivity contribution < 1.29 is 13.9 Å². The molecular weight excluding hydrogens is 392 g/mol. The Labute approximate surface area is 183 Å². The van der Waals surface area contributed by atoms with Gasteiger partial charge in [-0.2, -0.15) is 0 Å². The number of methoxy groups -OCH3 is 1. The molecule has 0 amide bonds. The van der Waals surface area contributed by atoms with Crippen molar-refractivity contribution in [2.45, 2.75) is 40.5 Å². The van der Waals surface area contributed by atoms with E-state index < -0.39 is 0 Å². The molecule has 0 atom stereocenters. The van der Waals surface area contributed by atoms with E-state index in [4.69, 9.17) is 13.9 Å². The molecule has 0 saturated carbocycles. The lowest BCUT2D eigenvalue weighted by Gasteiger charge is -2.13. The summed E-state index contributed by atoms with van der Waals surface area (Å²) in [4.78, 5) is 9.05. The molecule has 3 rings (SSSR count). The van der Waals surface area contributed by atoms with Crippen LogP contribution < -0.4 is 20.1 Å². The highest BCUT2D eigenvalue weighted by atomic mass is 16.5. The van der Waals surface area contributed by atoms with Gasteiger partial charge in [0.25, 0.3) is 0 Å². The van der Waals surface area contributed by atoms with Crippen LogP contribution in [0.2, 0.25) is 0 Å². The van der Waals surface area contributed by atoms with Crippen LogP contribution in [-0.2, 0) is 19.7 Å². The molecule has 7 heteroatoms. The predicted octanol–water partition coefficient (Wildman–Crippen LogP) is 4.13.